The second-order valence-corrected chi connectivity index (χ2v) is 4.79. The molecule has 0 unspecified atom stereocenters. The van der Waals surface area contributed by atoms with Crippen LogP contribution in [0.15, 0.2) is 6.33 Å². The second kappa shape index (κ2) is 3.41. The van der Waals surface area contributed by atoms with Crippen LogP contribution in [0.2, 0.25) is 0 Å². The monoisotopic (exact) mass is 190 g/mol. The molecule has 76 valence electrons. The number of hydrogen-bond acceptors (Lipinski definition) is 1. The van der Waals surface area contributed by atoms with Crippen LogP contribution in [0, 0.1) is 5.92 Å². The lowest BCUT2D eigenvalue weighted by Crippen LogP contribution is -2.19. The van der Waals surface area contributed by atoms with E-state index in [0.717, 1.165) is 5.92 Å². The van der Waals surface area contributed by atoms with Gasteiger partial charge in [0.15, 0.2) is 0 Å². The van der Waals surface area contributed by atoms with E-state index in [2.05, 4.69) is 15.9 Å². The number of rotatable bonds is 2. The Labute approximate surface area is 85.3 Å². The Morgan fingerprint density at radius 2 is 2.07 bits per heavy atom. The number of fused-ring (bicyclic) bond motifs is 1. The highest BCUT2D eigenvalue weighted by Gasteiger charge is 2.21. The van der Waals surface area contributed by atoms with Gasteiger partial charge in [0, 0.05) is 12.2 Å². The van der Waals surface area contributed by atoms with E-state index >= 15 is 0 Å². The molecule has 0 bridgehead atoms. The Morgan fingerprint density at radius 1 is 1.21 bits per heavy atom. The van der Waals surface area contributed by atoms with Gasteiger partial charge < -0.3 is 4.57 Å². The molecule has 1 aromatic rings. The highest BCUT2D eigenvalue weighted by atomic mass is 15.1. The summed E-state index contributed by atoms with van der Waals surface area (Å²) < 4.78 is 2.43. The molecule has 0 amide bonds. The maximum absolute atomic E-state index is 4.53. The lowest BCUT2D eigenvalue weighted by molar-refractivity contribution is 0.273. The molecule has 1 heterocycles. The summed E-state index contributed by atoms with van der Waals surface area (Å²) in [6.07, 6.45) is 11.6. The minimum absolute atomic E-state index is 0.954. The van der Waals surface area contributed by atoms with Gasteiger partial charge in [-0.2, -0.15) is 0 Å². The standard InChI is InChI=1S/C12H18N2/c1-2-7-12-11(6-1)13-9-14(12)8-10-4-3-5-10/h9-10H,1-8H2. The third-order valence-corrected chi connectivity index (χ3v) is 3.79. The van der Waals surface area contributed by atoms with Crippen molar-refractivity contribution in [2.45, 2.75) is 51.5 Å². The summed E-state index contributed by atoms with van der Waals surface area (Å²) in [5, 5.41) is 0. The third-order valence-electron chi connectivity index (χ3n) is 3.79. The Bertz CT molecular complexity index is 323. The molecular weight excluding hydrogens is 172 g/mol. The fourth-order valence-electron chi connectivity index (χ4n) is 2.64. The molecule has 3 rings (SSSR count). The number of hydrogen-bond donors (Lipinski definition) is 0. The van der Waals surface area contributed by atoms with Gasteiger partial charge >= 0.3 is 0 Å². The first-order valence-corrected chi connectivity index (χ1v) is 5.96. The maximum Gasteiger partial charge on any atom is 0.0951 e. The lowest BCUT2D eigenvalue weighted by atomic mass is 9.85. The zero-order valence-corrected chi connectivity index (χ0v) is 8.71. The van der Waals surface area contributed by atoms with Crippen LogP contribution in [0.3, 0.4) is 0 Å². The number of nitrogens with zero attached hydrogens (tertiary/aromatic N) is 2. The van der Waals surface area contributed by atoms with Crippen molar-refractivity contribution in [3.05, 3.63) is 17.7 Å². The molecule has 0 saturated heterocycles. The van der Waals surface area contributed by atoms with Crippen molar-refractivity contribution in [1.82, 2.24) is 9.55 Å². The minimum atomic E-state index is 0.954. The largest absolute Gasteiger partial charge is 0.334 e. The molecule has 0 N–H and O–H groups in total. The predicted molar refractivity (Wildman–Crippen MR) is 56.2 cm³/mol. The molecule has 0 aromatic carbocycles. The summed E-state index contributed by atoms with van der Waals surface area (Å²) in [6.45, 7) is 1.24. The van der Waals surface area contributed by atoms with Gasteiger partial charge in [-0.05, 0) is 44.4 Å². The van der Waals surface area contributed by atoms with E-state index < -0.39 is 0 Å². The van der Waals surface area contributed by atoms with Gasteiger partial charge in [-0.3, -0.25) is 0 Å². The molecule has 2 aliphatic rings. The van der Waals surface area contributed by atoms with Crippen LogP contribution in [0.25, 0.3) is 0 Å². The first-order chi connectivity index (χ1) is 6.93. The highest BCUT2D eigenvalue weighted by molar-refractivity contribution is 5.16. The molecule has 0 aliphatic heterocycles. The first kappa shape index (κ1) is 8.51. The summed E-state index contributed by atoms with van der Waals surface area (Å²) in [5.74, 6) is 0.954. The minimum Gasteiger partial charge on any atom is -0.334 e. The van der Waals surface area contributed by atoms with E-state index in [1.165, 1.54) is 57.2 Å². The van der Waals surface area contributed by atoms with Crippen LogP contribution in [0.4, 0.5) is 0 Å². The molecule has 0 radical (unpaired) electrons. The van der Waals surface area contributed by atoms with Gasteiger partial charge in [-0.15, -0.1) is 0 Å². The zero-order chi connectivity index (χ0) is 9.38. The van der Waals surface area contributed by atoms with Crippen LogP contribution in [0.5, 0.6) is 0 Å². The molecule has 1 fully saturated rings. The Hall–Kier alpha value is -0.790. The quantitative estimate of drug-likeness (QED) is 0.701. The smallest absolute Gasteiger partial charge is 0.0951 e. The molecule has 0 spiro atoms. The molecule has 0 atom stereocenters. The van der Waals surface area contributed by atoms with E-state index in [1.54, 1.807) is 5.69 Å². The fourth-order valence-corrected chi connectivity index (χ4v) is 2.64. The Balaban J connectivity index is 1.79. The van der Waals surface area contributed by atoms with Gasteiger partial charge in [0.05, 0.1) is 12.0 Å². The molecular formula is C12H18N2. The zero-order valence-electron chi connectivity index (χ0n) is 8.71. The van der Waals surface area contributed by atoms with Crippen LogP contribution in [-0.4, -0.2) is 9.55 Å². The van der Waals surface area contributed by atoms with E-state index in [4.69, 9.17) is 0 Å². The van der Waals surface area contributed by atoms with Crippen molar-refractivity contribution >= 4 is 0 Å². The van der Waals surface area contributed by atoms with Gasteiger partial charge in [0.1, 0.15) is 0 Å². The Morgan fingerprint density at radius 3 is 2.86 bits per heavy atom. The average Bonchev–Trinajstić information content (AvgIpc) is 2.55. The van der Waals surface area contributed by atoms with Crippen LogP contribution >= 0.6 is 0 Å². The summed E-state index contributed by atoms with van der Waals surface area (Å²) >= 11 is 0. The summed E-state index contributed by atoms with van der Waals surface area (Å²) in [4.78, 5) is 4.53. The molecule has 14 heavy (non-hydrogen) atoms. The van der Waals surface area contributed by atoms with Crippen LogP contribution in [-0.2, 0) is 19.4 Å². The normalized spacial score (nSPS) is 21.7. The molecule has 1 saturated carbocycles. The Kier molecular flexibility index (Phi) is 2.07. The van der Waals surface area contributed by atoms with Crippen molar-refractivity contribution in [3.63, 3.8) is 0 Å². The van der Waals surface area contributed by atoms with E-state index in [1.807, 2.05) is 0 Å². The first-order valence-electron chi connectivity index (χ1n) is 5.96. The fraction of sp³-hybridized carbons (Fsp3) is 0.750. The predicted octanol–water partition coefficient (Wildman–Crippen LogP) is 2.56. The molecule has 1 aromatic heterocycles. The average molecular weight is 190 g/mol. The van der Waals surface area contributed by atoms with Crippen molar-refractivity contribution in [2.24, 2.45) is 5.92 Å². The highest BCUT2D eigenvalue weighted by Crippen LogP contribution is 2.29. The van der Waals surface area contributed by atoms with Gasteiger partial charge in [0.2, 0.25) is 0 Å². The maximum atomic E-state index is 4.53. The second-order valence-electron chi connectivity index (χ2n) is 4.79. The van der Waals surface area contributed by atoms with Crippen molar-refractivity contribution in [3.8, 4) is 0 Å². The van der Waals surface area contributed by atoms with Crippen LogP contribution in [0.1, 0.15) is 43.5 Å². The van der Waals surface area contributed by atoms with E-state index in [-0.39, 0.29) is 0 Å². The van der Waals surface area contributed by atoms with E-state index in [0.29, 0.717) is 0 Å². The summed E-state index contributed by atoms with van der Waals surface area (Å²) in [7, 11) is 0. The molecule has 2 heteroatoms. The van der Waals surface area contributed by atoms with Crippen molar-refractivity contribution < 1.29 is 0 Å². The van der Waals surface area contributed by atoms with Crippen LogP contribution < -0.4 is 0 Å². The topological polar surface area (TPSA) is 17.8 Å². The molecule has 2 nitrogen and oxygen atoms in total. The number of aryl methyl sites for hydroxylation is 1. The SMILES string of the molecule is c1nc2c(n1CC1CCC1)CCCC2. The third kappa shape index (κ3) is 1.37. The summed E-state index contributed by atoms with van der Waals surface area (Å²) in [6, 6.07) is 0. The van der Waals surface area contributed by atoms with E-state index in [9.17, 15) is 0 Å². The van der Waals surface area contributed by atoms with Gasteiger partial charge in [0.25, 0.3) is 0 Å². The molecule has 2 aliphatic carbocycles. The van der Waals surface area contributed by atoms with Crippen molar-refractivity contribution in [1.29, 1.82) is 0 Å². The van der Waals surface area contributed by atoms with Gasteiger partial charge in [-0.25, -0.2) is 4.98 Å². The summed E-state index contributed by atoms with van der Waals surface area (Å²) in [5.41, 5.74) is 2.93. The van der Waals surface area contributed by atoms with Gasteiger partial charge in [-0.1, -0.05) is 6.42 Å². The van der Waals surface area contributed by atoms with Crippen molar-refractivity contribution in [2.75, 3.05) is 0 Å². The number of aromatic nitrogens is 2. The number of imidazole rings is 1. The lowest BCUT2D eigenvalue weighted by Gasteiger charge is -2.26.